The summed E-state index contributed by atoms with van der Waals surface area (Å²) in [5, 5.41) is -0.104. The van der Waals surface area contributed by atoms with Crippen LogP contribution in [0.3, 0.4) is 0 Å². The summed E-state index contributed by atoms with van der Waals surface area (Å²) in [4.78, 5) is 16.1. The second-order valence-electron chi connectivity index (χ2n) is 6.36. The molecule has 2 atom stereocenters. The molecular weight excluding hydrogens is 330 g/mol. The third-order valence-corrected chi connectivity index (χ3v) is 7.66. The molecular formula is C17H23NO3S2. The molecule has 1 saturated heterocycles. The Kier molecular flexibility index (Phi) is 5.01. The van der Waals surface area contributed by atoms with Gasteiger partial charge in [-0.15, -0.1) is 11.8 Å². The van der Waals surface area contributed by atoms with Crippen molar-refractivity contribution in [3.63, 3.8) is 0 Å². The Bertz CT molecular complexity index is 662. The van der Waals surface area contributed by atoms with Gasteiger partial charge in [-0.2, -0.15) is 0 Å². The SMILES string of the molecule is CCCCN(C(=O)C1Cc2ccccc2S1)C1CCS(=O)(=O)C1. The van der Waals surface area contributed by atoms with Crippen LogP contribution in [0.5, 0.6) is 0 Å². The van der Waals surface area contributed by atoms with Crippen LogP contribution in [0.2, 0.25) is 0 Å². The van der Waals surface area contributed by atoms with Crippen LogP contribution in [0.4, 0.5) is 0 Å². The lowest BCUT2D eigenvalue weighted by Gasteiger charge is -2.30. The molecule has 1 amide bonds. The van der Waals surface area contributed by atoms with Gasteiger partial charge in [-0.05, 0) is 30.9 Å². The number of carbonyl (C=O) groups is 1. The third-order valence-electron chi connectivity index (χ3n) is 4.61. The maximum absolute atomic E-state index is 13.0. The number of amides is 1. The monoisotopic (exact) mass is 353 g/mol. The maximum atomic E-state index is 13.0. The van der Waals surface area contributed by atoms with Crippen LogP contribution in [0.1, 0.15) is 31.7 Å². The van der Waals surface area contributed by atoms with Crippen molar-refractivity contribution in [1.82, 2.24) is 4.90 Å². The van der Waals surface area contributed by atoms with E-state index in [1.54, 1.807) is 11.8 Å². The van der Waals surface area contributed by atoms with Gasteiger partial charge in [-0.3, -0.25) is 4.79 Å². The second-order valence-corrected chi connectivity index (χ2v) is 9.83. The van der Waals surface area contributed by atoms with Gasteiger partial charge in [0, 0.05) is 17.5 Å². The maximum Gasteiger partial charge on any atom is 0.236 e. The van der Waals surface area contributed by atoms with Crippen LogP contribution in [0.25, 0.3) is 0 Å². The molecule has 0 saturated carbocycles. The minimum atomic E-state index is -2.98. The molecule has 126 valence electrons. The molecule has 0 aromatic heterocycles. The van der Waals surface area contributed by atoms with Gasteiger partial charge in [-0.25, -0.2) is 8.42 Å². The highest BCUT2D eigenvalue weighted by atomic mass is 32.2. The van der Waals surface area contributed by atoms with Gasteiger partial charge < -0.3 is 4.90 Å². The van der Waals surface area contributed by atoms with Crippen LogP contribution in [0, 0.1) is 0 Å². The summed E-state index contributed by atoms with van der Waals surface area (Å²) in [7, 11) is -2.98. The first-order valence-electron chi connectivity index (χ1n) is 8.25. The van der Waals surface area contributed by atoms with E-state index in [-0.39, 0.29) is 28.7 Å². The molecule has 1 aromatic carbocycles. The van der Waals surface area contributed by atoms with Gasteiger partial charge in [0.2, 0.25) is 5.91 Å². The van der Waals surface area contributed by atoms with E-state index in [0.717, 1.165) is 19.3 Å². The number of benzene rings is 1. The average molecular weight is 354 g/mol. The zero-order chi connectivity index (χ0) is 16.4. The van der Waals surface area contributed by atoms with Gasteiger partial charge in [0.05, 0.1) is 16.8 Å². The highest BCUT2D eigenvalue weighted by Crippen LogP contribution is 2.38. The van der Waals surface area contributed by atoms with Crippen molar-refractivity contribution in [2.45, 2.75) is 48.8 Å². The van der Waals surface area contributed by atoms with Crippen LogP contribution >= 0.6 is 11.8 Å². The number of carbonyl (C=O) groups excluding carboxylic acids is 1. The summed E-state index contributed by atoms with van der Waals surface area (Å²) in [6, 6.07) is 8.00. The molecule has 2 aliphatic heterocycles. The quantitative estimate of drug-likeness (QED) is 0.816. The minimum Gasteiger partial charge on any atom is -0.338 e. The summed E-state index contributed by atoms with van der Waals surface area (Å²) in [6.45, 7) is 2.76. The van der Waals surface area contributed by atoms with Crippen LogP contribution < -0.4 is 0 Å². The van der Waals surface area contributed by atoms with Gasteiger partial charge in [0.1, 0.15) is 0 Å². The summed E-state index contributed by atoms with van der Waals surface area (Å²) >= 11 is 1.62. The first-order valence-corrected chi connectivity index (χ1v) is 11.0. The minimum absolute atomic E-state index is 0.104. The van der Waals surface area contributed by atoms with Crippen molar-refractivity contribution in [3.8, 4) is 0 Å². The normalized spacial score (nSPS) is 25.3. The number of unbranched alkanes of at least 4 members (excludes halogenated alkanes) is 1. The van der Waals surface area contributed by atoms with Gasteiger partial charge in [-0.1, -0.05) is 31.5 Å². The van der Waals surface area contributed by atoms with Crippen molar-refractivity contribution in [2.75, 3.05) is 18.1 Å². The molecule has 2 heterocycles. The first-order chi connectivity index (χ1) is 11.0. The van der Waals surface area contributed by atoms with Crippen molar-refractivity contribution in [1.29, 1.82) is 0 Å². The van der Waals surface area contributed by atoms with E-state index in [9.17, 15) is 13.2 Å². The molecule has 3 rings (SSSR count). The van der Waals surface area contributed by atoms with Gasteiger partial charge >= 0.3 is 0 Å². The Morgan fingerprint density at radius 2 is 2.13 bits per heavy atom. The Labute approximate surface area is 142 Å². The predicted molar refractivity (Wildman–Crippen MR) is 93.5 cm³/mol. The fourth-order valence-electron chi connectivity index (χ4n) is 3.33. The standard InChI is InChI=1S/C17H23NO3S2/c1-2-3-9-18(14-8-10-23(20,21)12-14)17(19)16-11-13-6-4-5-7-15(13)22-16/h4-7,14,16H,2-3,8-12H2,1H3. The number of sulfone groups is 1. The Balaban J connectivity index is 1.74. The number of hydrogen-bond acceptors (Lipinski definition) is 4. The average Bonchev–Trinajstić information content (AvgIpc) is 3.10. The van der Waals surface area contributed by atoms with Crippen LogP contribution in [0.15, 0.2) is 29.2 Å². The van der Waals surface area contributed by atoms with Crippen molar-refractivity contribution >= 4 is 27.5 Å². The third kappa shape index (κ3) is 3.74. The van der Waals surface area contributed by atoms with E-state index in [1.165, 1.54) is 10.5 Å². The molecule has 0 N–H and O–H groups in total. The topological polar surface area (TPSA) is 54.5 Å². The van der Waals surface area contributed by atoms with Crippen molar-refractivity contribution in [3.05, 3.63) is 29.8 Å². The summed E-state index contributed by atoms with van der Waals surface area (Å²) in [5.74, 6) is 0.458. The highest BCUT2D eigenvalue weighted by molar-refractivity contribution is 8.01. The fourth-order valence-corrected chi connectivity index (χ4v) is 6.32. The van der Waals surface area contributed by atoms with Gasteiger partial charge in [0.15, 0.2) is 9.84 Å². The number of rotatable bonds is 5. The summed E-state index contributed by atoms with van der Waals surface area (Å²) < 4.78 is 23.6. The molecule has 2 unspecified atom stereocenters. The lowest BCUT2D eigenvalue weighted by molar-refractivity contribution is -0.132. The Morgan fingerprint density at radius 3 is 2.78 bits per heavy atom. The van der Waals surface area contributed by atoms with E-state index in [0.29, 0.717) is 13.0 Å². The van der Waals surface area contributed by atoms with Crippen LogP contribution in [-0.2, 0) is 21.1 Å². The van der Waals surface area contributed by atoms with Crippen LogP contribution in [-0.4, -0.2) is 48.6 Å². The molecule has 1 aromatic rings. The van der Waals surface area contributed by atoms with E-state index in [4.69, 9.17) is 0 Å². The first kappa shape index (κ1) is 16.8. The number of fused-ring (bicyclic) bond motifs is 1. The highest BCUT2D eigenvalue weighted by Gasteiger charge is 2.38. The lowest BCUT2D eigenvalue weighted by Crippen LogP contribution is -2.45. The number of thioether (sulfide) groups is 1. The predicted octanol–water partition coefficient (Wildman–Crippen LogP) is 2.52. The molecule has 0 bridgehead atoms. The molecule has 1 fully saturated rings. The number of nitrogens with zero attached hydrogens (tertiary/aromatic N) is 1. The van der Waals surface area contributed by atoms with Crippen molar-refractivity contribution in [2.24, 2.45) is 0 Å². The van der Waals surface area contributed by atoms with E-state index >= 15 is 0 Å². The van der Waals surface area contributed by atoms with E-state index in [1.807, 2.05) is 17.0 Å². The molecule has 0 radical (unpaired) electrons. The zero-order valence-electron chi connectivity index (χ0n) is 13.4. The molecule has 4 nitrogen and oxygen atoms in total. The van der Waals surface area contributed by atoms with Gasteiger partial charge in [0.25, 0.3) is 0 Å². The number of hydrogen-bond donors (Lipinski definition) is 0. The zero-order valence-corrected chi connectivity index (χ0v) is 15.0. The lowest BCUT2D eigenvalue weighted by atomic mass is 10.1. The summed E-state index contributed by atoms with van der Waals surface area (Å²) in [5.41, 5.74) is 1.23. The second kappa shape index (κ2) is 6.85. The molecule has 6 heteroatoms. The smallest absolute Gasteiger partial charge is 0.236 e. The Hall–Kier alpha value is -1.01. The summed E-state index contributed by atoms with van der Waals surface area (Å²) in [6.07, 6.45) is 3.26. The van der Waals surface area contributed by atoms with Crippen molar-refractivity contribution < 1.29 is 13.2 Å². The van der Waals surface area contributed by atoms with E-state index in [2.05, 4.69) is 19.1 Å². The fraction of sp³-hybridized carbons (Fsp3) is 0.588. The van der Waals surface area contributed by atoms with E-state index < -0.39 is 9.84 Å². The molecule has 0 spiro atoms. The molecule has 0 aliphatic carbocycles. The molecule has 23 heavy (non-hydrogen) atoms. The Morgan fingerprint density at radius 1 is 1.35 bits per heavy atom. The largest absolute Gasteiger partial charge is 0.338 e. The molecule has 2 aliphatic rings.